The van der Waals surface area contributed by atoms with Crippen molar-refractivity contribution in [2.75, 3.05) is 10.8 Å². The molecule has 0 bridgehead atoms. The number of rotatable bonds is 5. The van der Waals surface area contributed by atoms with E-state index in [1.54, 1.807) is 34.0 Å². The molecule has 0 saturated heterocycles. The van der Waals surface area contributed by atoms with Gasteiger partial charge in [0.2, 0.25) is 5.16 Å². The maximum absolute atomic E-state index is 12.6. The minimum Gasteiger partial charge on any atom is -0.486 e. The molecule has 3 aromatic rings. The zero-order chi connectivity index (χ0) is 18.8. The van der Waals surface area contributed by atoms with Gasteiger partial charge in [-0.15, -0.1) is 10.2 Å². The molecule has 27 heavy (non-hydrogen) atoms. The second-order valence-corrected chi connectivity index (χ2v) is 7.50. The zero-order valence-electron chi connectivity index (χ0n) is 14.6. The second kappa shape index (κ2) is 7.62. The monoisotopic (exact) mass is 400 g/mol. The number of nitrogens with zero attached hydrogens (tertiary/aromatic N) is 4. The summed E-state index contributed by atoms with van der Waals surface area (Å²) in [5, 5.41) is 11.5. The molecule has 0 aliphatic carbocycles. The van der Waals surface area contributed by atoms with E-state index < -0.39 is 0 Å². The Morgan fingerprint density at radius 3 is 2.70 bits per heavy atom. The van der Waals surface area contributed by atoms with E-state index in [-0.39, 0.29) is 12.5 Å². The van der Waals surface area contributed by atoms with E-state index in [9.17, 15) is 4.79 Å². The highest BCUT2D eigenvalue weighted by Gasteiger charge is 2.29. The summed E-state index contributed by atoms with van der Waals surface area (Å²) in [6.07, 6.45) is 0. The van der Waals surface area contributed by atoms with Gasteiger partial charge in [0, 0.05) is 5.02 Å². The van der Waals surface area contributed by atoms with Crippen LogP contribution in [0.15, 0.2) is 53.7 Å². The summed E-state index contributed by atoms with van der Waals surface area (Å²) in [4.78, 5) is 12.6. The molecule has 8 heteroatoms. The molecule has 2 aromatic carbocycles. The molecular formula is C19H17ClN4O2S. The number of hydrogen-bond donors (Lipinski definition) is 0. The minimum atomic E-state index is 0.0169. The largest absolute Gasteiger partial charge is 0.486 e. The van der Waals surface area contributed by atoms with Crippen LogP contribution in [0, 0.1) is 6.92 Å². The number of carbonyl (C=O) groups excluding carboxylic acids is 1. The molecule has 0 N–H and O–H groups in total. The van der Waals surface area contributed by atoms with Gasteiger partial charge in [0.1, 0.15) is 12.4 Å². The predicted molar refractivity (Wildman–Crippen MR) is 105 cm³/mol. The first-order valence-corrected chi connectivity index (χ1v) is 9.79. The zero-order valence-corrected chi connectivity index (χ0v) is 16.2. The molecule has 1 aromatic heterocycles. The molecule has 4 rings (SSSR count). The number of aromatic nitrogens is 3. The molecule has 0 radical (unpaired) electrons. The van der Waals surface area contributed by atoms with Crippen LogP contribution in [0.2, 0.25) is 5.02 Å². The van der Waals surface area contributed by atoms with Crippen LogP contribution in [-0.4, -0.2) is 26.5 Å². The van der Waals surface area contributed by atoms with Gasteiger partial charge >= 0.3 is 0 Å². The first-order valence-electron chi connectivity index (χ1n) is 8.42. The maximum Gasteiger partial charge on any atom is 0.252 e. The van der Waals surface area contributed by atoms with Crippen molar-refractivity contribution >= 4 is 29.3 Å². The van der Waals surface area contributed by atoms with Gasteiger partial charge in [-0.2, -0.15) is 0 Å². The molecule has 0 fully saturated rings. The van der Waals surface area contributed by atoms with Crippen molar-refractivity contribution in [1.82, 2.24) is 14.9 Å². The number of carbonyl (C=O) groups is 1. The van der Waals surface area contributed by atoms with Gasteiger partial charge in [-0.05, 0) is 42.3 Å². The van der Waals surface area contributed by atoms with Gasteiger partial charge in [-0.3, -0.25) is 4.79 Å². The highest BCUT2D eigenvalue weighted by atomic mass is 35.5. The topological polar surface area (TPSA) is 60.3 Å². The molecule has 0 saturated carbocycles. The lowest BCUT2D eigenvalue weighted by atomic mass is 10.1. The number of thioether (sulfide) groups is 1. The Kier molecular flexibility index (Phi) is 5.05. The molecule has 0 spiro atoms. The van der Waals surface area contributed by atoms with Crippen molar-refractivity contribution in [1.29, 1.82) is 0 Å². The van der Waals surface area contributed by atoms with Gasteiger partial charge in [0.05, 0.1) is 12.3 Å². The second-order valence-electron chi connectivity index (χ2n) is 6.12. The molecule has 1 aliphatic rings. The fraction of sp³-hybridized carbons (Fsp3) is 0.211. The minimum absolute atomic E-state index is 0.0169. The summed E-state index contributed by atoms with van der Waals surface area (Å²) < 4.78 is 7.56. The Balaban J connectivity index is 1.59. The molecule has 138 valence electrons. The fourth-order valence-electron chi connectivity index (χ4n) is 2.82. The van der Waals surface area contributed by atoms with Gasteiger partial charge in [-0.1, -0.05) is 47.6 Å². The smallest absolute Gasteiger partial charge is 0.252 e. The third kappa shape index (κ3) is 3.79. The fourth-order valence-corrected chi connectivity index (χ4v) is 3.77. The van der Waals surface area contributed by atoms with Crippen molar-refractivity contribution in [3.05, 3.63) is 70.5 Å². The van der Waals surface area contributed by atoms with Crippen LogP contribution in [-0.2, 0) is 17.9 Å². The molecule has 0 atom stereocenters. The first-order chi connectivity index (χ1) is 13.1. The summed E-state index contributed by atoms with van der Waals surface area (Å²) in [5.41, 5.74) is 2.22. The number of halogens is 1. The highest BCUT2D eigenvalue weighted by Crippen LogP contribution is 2.26. The van der Waals surface area contributed by atoms with Crippen molar-refractivity contribution in [2.45, 2.75) is 25.2 Å². The quantitative estimate of drug-likeness (QED) is 0.655. The summed E-state index contributed by atoms with van der Waals surface area (Å²) in [5.74, 6) is 1.62. The molecule has 6 nitrogen and oxygen atoms in total. The number of aryl methyl sites for hydroxylation is 1. The average Bonchev–Trinajstić information content (AvgIpc) is 3.08. The normalized spacial score (nSPS) is 13.6. The Morgan fingerprint density at radius 1 is 1.15 bits per heavy atom. The molecule has 2 heterocycles. The van der Waals surface area contributed by atoms with Gasteiger partial charge in [-0.25, -0.2) is 9.69 Å². The lowest BCUT2D eigenvalue weighted by Gasteiger charge is -2.29. The predicted octanol–water partition coefficient (Wildman–Crippen LogP) is 3.59. The van der Waals surface area contributed by atoms with Gasteiger partial charge < -0.3 is 4.74 Å². The van der Waals surface area contributed by atoms with E-state index in [0.29, 0.717) is 34.1 Å². The Hall–Kier alpha value is -2.51. The summed E-state index contributed by atoms with van der Waals surface area (Å²) in [6.45, 7) is 2.70. The number of amides is 1. The highest BCUT2D eigenvalue weighted by molar-refractivity contribution is 7.99. The summed E-state index contributed by atoms with van der Waals surface area (Å²) >= 11 is 7.29. The lowest BCUT2D eigenvalue weighted by Crippen LogP contribution is -2.45. The average molecular weight is 401 g/mol. The molecular weight excluding hydrogens is 384 g/mol. The van der Waals surface area contributed by atoms with Crippen LogP contribution in [0.5, 0.6) is 5.75 Å². The molecule has 1 aliphatic heterocycles. The van der Waals surface area contributed by atoms with E-state index in [1.165, 1.54) is 11.8 Å². The molecule has 1 amide bonds. The van der Waals surface area contributed by atoms with E-state index in [1.807, 2.05) is 31.2 Å². The van der Waals surface area contributed by atoms with Crippen LogP contribution < -0.4 is 9.75 Å². The number of benzene rings is 2. The van der Waals surface area contributed by atoms with E-state index in [4.69, 9.17) is 16.3 Å². The van der Waals surface area contributed by atoms with Gasteiger partial charge in [0.25, 0.3) is 5.91 Å². The Bertz CT molecular complexity index is 974. The third-order valence-corrected chi connectivity index (χ3v) is 5.45. The van der Waals surface area contributed by atoms with E-state index >= 15 is 0 Å². The first kappa shape index (κ1) is 17.9. The van der Waals surface area contributed by atoms with Crippen LogP contribution in [0.3, 0.4) is 0 Å². The van der Waals surface area contributed by atoms with Crippen molar-refractivity contribution < 1.29 is 9.53 Å². The standard InChI is InChI=1S/C19H17ClN4O2S/c1-13-4-2-3-5-14(13)10-23-18(25)12-27-19-22-21-17(24(19)23)11-26-16-8-6-15(20)7-9-16/h2-9H,10-12H2,1H3. The van der Waals surface area contributed by atoms with Crippen LogP contribution >= 0.6 is 23.4 Å². The van der Waals surface area contributed by atoms with Crippen molar-refractivity contribution in [3.8, 4) is 5.75 Å². The Labute approximate surface area is 166 Å². The molecule has 0 unspecified atom stereocenters. The van der Waals surface area contributed by atoms with Crippen molar-refractivity contribution in [3.63, 3.8) is 0 Å². The third-order valence-electron chi connectivity index (χ3n) is 4.29. The van der Waals surface area contributed by atoms with E-state index in [2.05, 4.69) is 10.2 Å². The lowest BCUT2D eigenvalue weighted by molar-refractivity contribution is -0.118. The number of ether oxygens (including phenoxy) is 1. The Morgan fingerprint density at radius 2 is 1.93 bits per heavy atom. The van der Waals surface area contributed by atoms with Crippen molar-refractivity contribution in [2.24, 2.45) is 0 Å². The van der Waals surface area contributed by atoms with Crippen LogP contribution in [0.4, 0.5) is 0 Å². The van der Waals surface area contributed by atoms with E-state index in [0.717, 1.165) is 11.1 Å². The maximum atomic E-state index is 12.6. The number of fused-ring (bicyclic) bond motifs is 1. The summed E-state index contributed by atoms with van der Waals surface area (Å²) in [6, 6.07) is 15.1. The van der Waals surface area contributed by atoms with Crippen LogP contribution in [0.25, 0.3) is 0 Å². The SMILES string of the molecule is Cc1ccccc1CN1C(=O)CSc2nnc(COc3ccc(Cl)cc3)n21. The summed E-state index contributed by atoms with van der Waals surface area (Å²) in [7, 11) is 0. The van der Waals surface area contributed by atoms with Gasteiger partial charge in [0.15, 0.2) is 5.82 Å². The van der Waals surface area contributed by atoms with Crippen LogP contribution in [0.1, 0.15) is 17.0 Å². The number of hydrogen-bond acceptors (Lipinski definition) is 5.